The summed E-state index contributed by atoms with van der Waals surface area (Å²) in [5.41, 5.74) is 7.17. The van der Waals surface area contributed by atoms with Crippen LogP contribution in [0.15, 0.2) is 18.3 Å². The molecule has 0 aliphatic heterocycles. The molecule has 0 aliphatic carbocycles. The Morgan fingerprint density at radius 3 is 2.62 bits per heavy atom. The van der Waals surface area contributed by atoms with Crippen molar-refractivity contribution in [2.24, 2.45) is 5.73 Å². The zero-order chi connectivity index (χ0) is 12.3. The van der Waals surface area contributed by atoms with E-state index in [9.17, 15) is 0 Å². The van der Waals surface area contributed by atoms with Crippen molar-refractivity contribution in [3.63, 3.8) is 0 Å². The maximum absolute atomic E-state index is 5.97. The lowest BCUT2D eigenvalue weighted by Gasteiger charge is -2.37. The summed E-state index contributed by atoms with van der Waals surface area (Å²) >= 11 is 0. The summed E-state index contributed by atoms with van der Waals surface area (Å²) in [5, 5.41) is 0. The number of aromatic nitrogens is 1. The molecule has 0 radical (unpaired) electrons. The SMILES string of the molecule is CCC(C)(C)N(C)c1ncccc1[C@@H](C)N. The summed E-state index contributed by atoms with van der Waals surface area (Å²) in [6, 6.07) is 4.00. The first-order chi connectivity index (χ1) is 7.40. The highest BCUT2D eigenvalue weighted by molar-refractivity contribution is 5.49. The Balaban J connectivity index is 3.13. The van der Waals surface area contributed by atoms with Gasteiger partial charge in [-0.1, -0.05) is 13.0 Å². The first-order valence-corrected chi connectivity index (χ1v) is 5.84. The van der Waals surface area contributed by atoms with E-state index < -0.39 is 0 Å². The molecule has 0 amide bonds. The predicted octanol–water partition coefficient (Wildman–Crippen LogP) is 2.73. The molecule has 0 aliphatic rings. The van der Waals surface area contributed by atoms with Crippen molar-refractivity contribution in [1.82, 2.24) is 4.98 Å². The fourth-order valence-electron chi connectivity index (χ4n) is 1.57. The van der Waals surface area contributed by atoms with Gasteiger partial charge >= 0.3 is 0 Å². The summed E-state index contributed by atoms with van der Waals surface area (Å²) in [4.78, 5) is 6.67. The van der Waals surface area contributed by atoms with Crippen LogP contribution < -0.4 is 10.6 Å². The molecule has 0 saturated heterocycles. The third kappa shape index (κ3) is 2.53. The second kappa shape index (κ2) is 4.83. The van der Waals surface area contributed by atoms with Crippen LogP contribution in [0.4, 0.5) is 5.82 Å². The molecule has 16 heavy (non-hydrogen) atoms. The number of rotatable bonds is 4. The number of pyridine rings is 1. The molecular formula is C13H23N3. The van der Waals surface area contributed by atoms with Crippen molar-refractivity contribution < 1.29 is 0 Å². The highest BCUT2D eigenvalue weighted by Gasteiger charge is 2.24. The van der Waals surface area contributed by atoms with Crippen LogP contribution in [-0.4, -0.2) is 17.6 Å². The molecule has 3 nitrogen and oxygen atoms in total. The molecule has 1 aromatic heterocycles. The van der Waals surface area contributed by atoms with Crippen LogP contribution in [0, 0.1) is 0 Å². The summed E-state index contributed by atoms with van der Waals surface area (Å²) < 4.78 is 0. The maximum atomic E-state index is 5.97. The fourth-order valence-corrected chi connectivity index (χ4v) is 1.57. The van der Waals surface area contributed by atoms with E-state index in [4.69, 9.17) is 5.73 Å². The van der Waals surface area contributed by atoms with Gasteiger partial charge in [-0.3, -0.25) is 0 Å². The van der Waals surface area contributed by atoms with Crippen LogP contribution in [-0.2, 0) is 0 Å². The normalized spacial score (nSPS) is 13.6. The number of nitrogens with zero attached hydrogens (tertiary/aromatic N) is 2. The van der Waals surface area contributed by atoms with Crippen molar-refractivity contribution in [3.05, 3.63) is 23.9 Å². The summed E-state index contributed by atoms with van der Waals surface area (Å²) in [5.74, 6) is 0.990. The van der Waals surface area contributed by atoms with E-state index >= 15 is 0 Å². The van der Waals surface area contributed by atoms with Gasteiger partial charge in [0.2, 0.25) is 0 Å². The molecule has 1 atom stereocenters. The van der Waals surface area contributed by atoms with Gasteiger partial charge in [0.25, 0.3) is 0 Å². The summed E-state index contributed by atoms with van der Waals surface area (Å²) in [6.07, 6.45) is 2.89. The molecule has 1 heterocycles. The van der Waals surface area contributed by atoms with Crippen molar-refractivity contribution in [1.29, 1.82) is 0 Å². The minimum Gasteiger partial charge on any atom is -0.354 e. The summed E-state index contributed by atoms with van der Waals surface area (Å²) in [6.45, 7) is 8.61. The standard InChI is InChI=1S/C13H23N3/c1-6-13(3,4)16(5)12-11(10(2)14)8-7-9-15-12/h7-10H,6,14H2,1-5H3/t10-/m1/s1. The number of hydrogen-bond acceptors (Lipinski definition) is 3. The smallest absolute Gasteiger partial charge is 0.133 e. The van der Waals surface area contributed by atoms with E-state index in [-0.39, 0.29) is 11.6 Å². The molecule has 0 unspecified atom stereocenters. The van der Waals surface area contributed by atoms with E-state index in [1.807, 2.05) is 19.2 Å². The number of nitrogens with two attached hydrogens (primary N) is 1. The molecule has 0 spiro atoms. The molecule has 0 saturated carbocycles. The quantitative estimate of drug-likeness (QED) is 0.850. The van der Waals surface area contributed by atoms with Gasteiger partial charge in [0.15, 0.2) is 0 Å². The van der Waals surface area contributed by atoms with Crippen LogP contribution in [0.1, 0.15) is 45.7 Å². The Kier molecular flexibility index (Phi) is 3.92. The van der Waals surface area contributed by atoms with Gasteiger partial charge < -0.3 is 10.6 Å². The van der Waals surface area contributed by atoms with Crippen LogP contribution in [0.2, 0.25) is 0 Å². The van der Waals surface area contributed by atoms with Gasteiger partial charge in [0.05, 0.1) is 0 Å². The van der Waals surface area contributed by atoms with E-state index in [1.165, 1.54) is 0 Å². The van der Waals surface area contributed by atoms with Crippen molar-refractivity contribution in [2.75, 3.05) is 11.9 Å². The van der Waals surface area contributed by atoms with E-state index in [0.29, 0.717) is 0 Å². The summed E-state index contributed by atoms with van der Waals surface area (Å²) in [7, 11) is 2.08. The fraction of sp³-hybridized carbons (Fsp3) is 0.615. The van der Waals surface area contributed by atoms with Crippen molar-refractivity contribution >= 4 is 5.82 Å². The highest BCUT2D eigenvalue weighted by atomic mass is 15.2. The Labute approximate surface area is 98.7 Å². The lowest BCUT2D eigenvalue weighted by molar-refractivity contribution is 0.465. The Morgan fingerprint density at radius 1 is 1.50 bits per heavy atom. The topological polar surface area (TPSA) is 42.2 Å². The molecule has 0 fully saturated rings. The van der Waals surface area contributed by atoms with Crippen LogP contribution in [0.5, 0.6) is 0 Å². The second-order valence-electron chi connectivity index (χ2n) is 4.93. The lowest BCUT2D eigenvalue weighted by Crippen LogP contribution is -2.41. The predicted molar refractivity (Wildman–Crippen MR) is 69.6 cm³/mol. The minimum absolute atomic E-state index is 0.0128. The number of anilines is 1. The van der Waals surface area contributed by atoms with Crippen molar-refractivity contribution in [3.8, 4) is 0 Å². The number of hydrogen-bond donors (Lipinski definition) is 1. The monoisotopic (exact) mass is 221 g/mol. The Bertz CT molecular complexity index is 345. The molecule has 3 heteroatoms. The molecule has 0 bridgehead atoms. The molecule has 90 valence electrons. The van der Waals surface area contributed by atoms with Gasteiger partial charge in [-0.2, -0.15) is 0 Å². The zero-order valence-electron chi connectivity index (χ0n) is 11.0. The first kappa shape index (κ1) is 13.0. The average molecular weight is 221 g/mol. The maximum Gasteiger partial charge on any atom is 0.133 e. The van der Waals surface area contributed by atoms with Crippen LogP contribution in [0.3, 0.4) is 0 Å². The van der Waals surface area contributed by atoms with E-state index in [0.717, 1.165) is 17.8 Å². The molecular weight excluding hydrogens is 198 g/mol. The second-order valence-corrected chi connectivity index (χ2v) is 4.93. The van der Waals surface area contributed by atoms with Gasteiger partial charge in [0, 0.05) is 30.4 Å². The first-order valence-electron chi connectivity index (χ1n) is 5.84. The molecule has 1 rings (SSSR count). The van der Waals surface area contributed by atoms with Crippen LogP contribution >= 0.6 is 0 Å². The van der Waals surface area contributed by atoms with E-state index in [1.54, 1.807) is 0 Å². The third-order valence-electron chi connectivity index (χ3n) is 3.40. The van der Waals surface area contributed by atoms with Gasteiger partial charge in [0.1, 0.15) is 5.82 Å². The Hall–Kier alpha value is -1.09. The molecule has 2 N–H and O–H groups in total. The van der Waals surface area contributed by atoms with Gasteiger partial charge in [-0.15, -0.1) is 0 Å². The van der Waals surface area contributed by atoms with Crippen molar-refractivity contribution in [2.45, 2.75) is 45.7 Å². The minimum atomic E-state index is 0.0128. The van der Waals surface area contributed by atoms with Gasteiger partial charge in [-0.05, 0) is 33.3 Å². The lowest BCUT2D eigenvalue weighted by atomic mass is 9.98. The zero-order valence-corrected chi connectivity index (χ0v) is 11.0. The molecule has 0 aromatic carbocycles. The Morgan fingerprint density at radius 2 is 2.12 bits per heavy atom. The van der Waals surface area contributed by atoms with Gasteiger partial charge in [-0.25, -0.2) is 4.98 Å². The molecule has 1 aromatic rings. The largest absolute Gasteiger partial charge is 0.354 e. The third-order valence-corrected chi connectivity index (χ3v) is 3.40. The van der Waals surface area contributed by atoms with E-state index in [2.05, 4.69) is 43.8 Å². The highest BCUT2D eigenvalue weighted by Crippen LogP contribution is 2.28. The average Bonchev–Trinajstić information content (AvgIpc) is 2.28. The van der Waals surface area contributed by atoms with Crippen LogP contribution in [0.25, 0.3) is 0 Å².